The summed E-state index contributed by atoms with van der Waals surface area (Å²) in [5.74, 6) is -0.320. The SMILES string of the molecule is CCn1ncc(Cl)c1C(=O)Nc1sc2c(c1C#N)CCCC2. The van der Waals surface area contributed by atoms with Gasteiger partial charge >= 0.3 is 0 Å². The molecule has 2 heterocycles. The van der Waals surface area contributed by atoms with Gasteiger partial charge in [-0.3, -0.25) is 9.48 Å². The summed E-state index contributed by atoms with van der Waals surface area (Å²) in [5.41, 5.74) is 2.04. The van der Waals surface area contributed by atoms with Gasteiger partial charge in [-0.1, -0.05) is 11.6 Å². The molecule has 1 amide bonds. The number of nitrogens with one attached hydrogen (secondary N) is 1. The number of thiophene rings is 1. The van der Waals surface area contributed by atoms with Crippen LogP contribution in [0.15, 0.2) is 6.20 Å². The average Bonchev–Trinajstić information content (AvgIpc) is 3.06. The molecule has 114 valence electrons. The molecule has 0 aliphatic heterocycles. The van der Waals surface area contributed by atoms with Gasteiger partial charge in [0.2, 0.25) is 0 Å². The average molecular weight is 335 g/mol. The number of fused-ring (bicyclic) bond motifs is 1. The summed E-state index contributed by atoms with van der Waals surface area (Å²) in [6.07, 6.45) is 5.60. The summed E-state index contributed by atoms with van der Waals surface area (Å²) in [6, 6.07) is 2.24. The Morgan fingerprint density at radius 3 is 3.05 bits per heavy atom. The van der Waals surface area contributed by atoms with E-state index in [1.54, 1.807) is 4.68 Å². The number of nitriles is 1. The van der Waals surface area contributed by atoms with E-state index in [2.05, 4.69) is 16.5 Å². The largest absolute Gasteiger partial charge is 0.311 e. The zero-order valence-corrected chi connectivity index (χ0v) is 13.7. The molecule has 0 radical (unpaired) electrons. The molecular formula is C15H15ClN4OS. The molecule has 0 saturated carbocycles. The molecule has 0 saturated heterocycles. The third kappa shape index (κ3) is 2.51. The van der Waals surface area contributed by atoms with Gasteiger partial charge in [0, 0.05) is 11.4 Å². The minimum Gasteiger partial charge on any atom is -0.311 e. The predicted molar refractivity (Wildman–Crippen MR) is 86.5 cm³/mol. The molecule has 0 unspecified atom stereocenters. The van der Waals surface area contributed by atoms with E-state index < -0.39 is 0 Å². The van der Waals surface area contributed by atoms with E-state index in [9.17, 15) is 10.1 Å². The normalized spacial score (nSPS) is 13.5. The first kappa shape index (κ1) is 15.1. The fourth-order valence-corrected chi connectivity index (χ4v) is 4.22. The highest BCUT2D eigenvalue weighted by Crippen LogP contribution is 2.37. The molecule has 1 N–H and O–H groups in total. The van der Waals surface area contributed by atoms with Gasteiger partial charge in [0.1, 0.15) is 16.8 Å². The van der Waals surface area contributed by atoms with E-state index in [0.29, 0.717) is 27.8 Å². The third-order valence-corrected chi connectivity index (χ3v) is 5.30. The van der Waals surface area contributed by atoms with Crippen molar-refractivity contribution in [3.05, 3.63) is 32.9 Å². The maximum absolute atomic E-state index is 12.5. The lowest BCUT2D eigenvalue weighted by molar-refractivity contribution is 0.101. The zero-order valence-electron chi connectivity index (χ0n) is 12.1. The van der Waals surface area contributed by atoms with E-state index in [0.717, 1.165) is 31.2 Å². The van der Waals surface area contributed by atoms with Gasteiger partial charge < -0.3 is 5.32 Å². The second-order valence-corrected chi connectivity index (χ2v) is 6.65. The summed E-state index contributed by atoms with van der Waals surface area (Å²) in [4.78, 5) is 13.7. The number of nitrogens with zero attached hydrogens (tertiary/aromatic N) is 3. The maximum Gasteiger partial charge on any atom is 0.276 e. The van der Waals surface area contributed by atoms with Crippen LogP contribution in [0.3, 0.4) is 0 Å². The number of carbonyl (C=O) groups is 1. The number of hydrogen-bond donors (Lipinski definition) is 1. The van der Waals surface area contributed by atoms with Crippen LogP contribution in [0.4, 0.5) is 5.00 Å². The highest BCUT2D eigenvalue weighted by molar-refractivity contribution is 7.16. The van der Waals surface area contributed by atoms with Crippen molar-refractivity contribution in [2.24, 2.45) is 0 Å². The lowest BCUT2D eigenvalue weighted by atomic mass is 9.96. The van der Waals surface area contributed by atoms with E-state index >= 15 is 0 Å². The Morgan fingerprint density at radius 1 is 1.55 bits per heavy atom. The molecule has 1 aliphatic carbocycles. The number of anilines is 1. The van der Waals surface area contributed by atoms with Crippen LogP contribution in [0.5, 0.6) is 0 Å². The quantitative estimate of drug-likeness (QED) is 0.931. The van der Waals surface area contributed by atoms with Crippen LogP contribution < -0.4 is 5.32 Å². The first-order valence-electron chi connectivity index (χ1n) is 7.23. The molecule has 7 heteroatoms. The van der Waals surface area contributed by atoms with Crippen LogP contribution in [0.1, 0.15) is 46.3 Å². The van der Waals surface area contributed by atoms with E-state index in [4.69, 9.17) is 11.6 Å². The molecule has 2 aromatic heterocycles. The van der Waals surface area contributed by atoms with Gasteiger partial charge in [0.05, 0.1) is 16.8 Å². The van der Waals surface area contributed by atoms with Crippen molar-refractivity contribution < 1.29 is 4.79 Å². The molecule has 2 aromatic rings. The van der Waals surface area contributed by atoms with Gasteiger partial charge in [-0.25, -0.2) is 0 Å². The lowest BCUT2D eigenvalue weighted by Crippen LogP contribution is -2.17. The fourth-order valence-electron chi connectivity index (χ4n) is 2.76. The number of amides is 1. The van der Waals surface area contributed by atoms with Crippen molar-refractivity contribution in [3.8, 4) is 6.07 Å². The van der Waals surface area contributed by atoms with E-state index in [-0.39, 0.29) is 5.91 Å². The summed E-state index contributed by atoms with van der Waals surface area (Å²) in [7, 11) is 0. The summed E-state index contributed by atoms with van der Waals surface area (Å²) in [5, 5.41) is 17.3. The van der Waals surface area contributed by atoms with Crippen molar-refractivity contribution in [3.63, 3.8) is 0 Å². The Hall–Kier alpha value is -1.84. The minimum atomic E-state index is -0.320. The Bertz CT molecular complexity index is 771. The van der Waals surface area contributed by atoms with Crippen LogP contribution in [0.25, 0.3) is 0 Å². The van der Waals surface area contributed by atoms with Crippen molar-refractivity contribution in [1.29, 1.82) is 5.26 Å². The first-order valence-corrected chi connectivity index (χ1v) is 8.42. The second-order valence-electron chi connectivity index (χ2n) is 5.14. The summed E-state index contributed by atoms with van der Waals surface area (Å²) >= 11 is 7.56. The molecule has 1 aliphatic rings. The fraction of sp³-hybridized carbons (Fsp3) is 0.400. The van der Waals surface area contributed by atoms with Gasteiger partial charge in [0.25, 0.3) is 5.91 Å². The summed E-state index contributed by atoms with van der Waals surface area (Å²) < 4.78 is 1.55. The number of hydrogen-bond acceptors (Lipinski definition) is 4. The van der Waals surface area contributed by atoms with Crippen LogP contribution >= 0.6 is 22.9 Å². The number of carbonyl (C=O) groups excluding carboxylic acids is 1. The number of aromatic nitrogens is 2. The maximum atomic E-state index is 12.5. The topological polar surface area (TPSA) is 70.7 Å². The summed E-state index contributed by atoms with van der Waals surface area (Å²) in [6.45, 7) is 2.45. The van der Waals surface area contributed by atoms with E-state index in [1.807, 2.05) is 6.92 Å². The molecule has 0 bridgehead atoms. The van der Waals surface area contributed by atoms with Gasteiger partial charge in [0.15, 0.2) is 0 Å². The highest BCUT2D eigenvalue weighted by Gasteiger charge is 2.24. The molecule has 0 fully saturated rings. The van der Waals surface area contributed by atoms with Crippen LogP contribution in [-0.2, 0) is 19.4 Å². The van der Waals surface area contributed by atoms with Crippen molar-refractivity contribution in [2.75, 3.05) is 5.32 Å². The van der Waals surface area contributed by atoms with Crippen LogP contribution in [0, 0.1) is 11.3 Å². The Kier molecular flexibility index (Phi) is 4.19. The lowest BCUT2D eigenvalue weighted by Gasteiger charge is -2.09. The predicted octanol–water partition coefficient (Wildman–Crippen LogP) is 3.62. The molecule has 5 nitrogen and oxygen atoms in total. The van der Waals surface area contributed by atoms with Gasteiger partial charge in [-0.15, -0.1) is 11.3 Å². The molecule has 0 atom stereocenters. The minimum absolute atomic E-state index is 0.319. The Labute approximate surface area is 137 Å². The first-order chi connectivity index (χ1) is 10.7. The van der Waals surface area contributed by atoms with Crippen LogP contribution in [-0.4, -0.2) is 15.7 Å². The van der Waals surface area contributed by atoms with Gasteiger partial charge in [-0.2, -0.15) is 10.4 Å². The number of halogens is 1. The number of rotatable bonds is 3. The standard InChI is InChI=1S/C15H15ClN4OS/c1-2-20-13(11(16)8-18-20)14(21)19-15-10(7-17)9-5-3-4-6-12(9)22-15/h8H,2-6H2,1H3,(H,19,21). The molecular weight excluding hydrogens is 320 g/mol. The molecule has 3 rings (SSSR count). The van der Waals surface area contributed by atoms with Crippen LogP contribution in [0.2, 0.25) is 5.02 Å². The molecule has 22 heavy (non-hydrogen) atoms. The zero-order chi connectivity index (χ0) is 15.7. The van der Waals surface area contributed by atoms with Gasteiger partial charge in [-0.05, 0) is 38.2 Å². The Morgan fingerprint density at radius 2 is 2.32 bits per heavy atom. The molecule has 0 aromatic carbocycles. The second kappa shape index (κ2) is 6.11. The van der Waals surface area contributed by atoms with Crippen molar-refractivity contribution in [2.45, 2.75) is 39.2 Å². The van der Waals surface area contributed by atoms with Crippen molar-refractivity contribution >= 4 is 33.8 Å². The number of aryl methyl sites for hydroxylation is 2. The van der Waals surface area contributed by atoms with Crippen molar-refractivity contribution in [1.82, 2.24) is 9.78 Å². The Balaban J connectivity index is 1.93. The molecule has 0 spiro atoms. The smallest absolute Gasteiger partial charge is 0.276 e. The highest BCUT2D eigenvalue weighted by atomic mass is 35.5. The third-order valence-electron chi connectivity index (χ3n) is 3.82. The van der Waals surface area contributed by atoms with E-state index in [1.165, 1.54) is 22.4 Å². The monoisotopic (exact) mass is 334 g/mol.